The molecule has 78 heavy (non-hydrogen) atoms. The molecule has 5 aliphatic rings. The summed E-state index contributed by atoms with van der Waals surface area (Å²) in [7, 11) is 6.85. The van der Waals surface area contributed by atoms with Gasteiger partial charge >= 0.3 is 5.97 Å². The lowest BCUT2D eigenvalue weighted by molar-refractivity contribution is -0.266. The molecule has 0 radical (unpaired) electrons. The molecule has 1 amide bonds. The van der Waals surface area contributed by atoms with E-state index in [9.17, 15) is 34.2 Å². The monoisotopic (exact) mass is 1100 g/mol. The second-order valence-corrected chi connectivity index (χ2v) is 23.6. The Hall–Kier alpha value is -3.49. The molecule has 1 aliphatic carbocycles. The number of methoxy groups -OCH3 is 3. The molecule has 0 aromatic carbocycles. The van der Waals surface area contributed by atoms with E-state index in [2.05, 4.69) is 16.8 Å². The predicted molar refractivity (Wildman–Crippen MR) is 298 cm³/mol. The second kappa shape index (κ2) is 32.2. The number of fused-ring (bicyclic) bond motifs is 3. The Bertz CT molecular complexity index is 2050. The molecule has 0 spiro atoms. The van der Waals surface area contributed by atoms with Crippen LogP contribution in [-0.4, -0.2) is 196 Å². The molecule has 0 aromatic heterocycles. The van der Waals surface area contributed by atoms with Crippen LogP contribution in [-0.2, 0) is 57.1 Å². The number of carbonyl (C=O) groups is 5. The maximum atomic E-state index is 14.7. The van der Waals surface area contributed by atoms with Gasteiger partial charge in [0.05, 0.1) is 37.6 Å². The van der Waals surface area contributed by atoms with Crippen LogP contribution in [0.25, 0.3) is 0 Å². The lowest BCUT2D eigenvalue weighted by Gasteiger charge is -2.43. The number of piperazine rings is 1. The molecule has 5 rings (SSSR count). The molecule has 17 nitrogen and oxygen atoms in total. The van der Waals surface area contributed by atoms with Gasteiger partial charge in [-0.25, -0.2) is 4.79 Å². The van der Waals surface area contributed by atoms with E-state index in [1.807, 2.05) is 58.1 Å². The number of aliphatic hydroxyl groups is 2. The molecule has 4 heterocycles. The van der Waals surface area contributed by atoms with Crippen molar-refractivity contribution in [2.45, 2.75) is 186 Å². The van der Waals surface area contributed by atoms with Crippen LogP contribution in [0.5, 0.6) is 0 Å². The van der Waals surface area contributed by atoms with Gasteiger partial charge < -0.3 is 58.1 Å². The summed E-state index contributed by atoms with van der Waals surface area (Å²) in [6.45, 7) is 19.5. The number of esters is 1. The number of ether oxygens (including phenoxy) is 7. The molecular weight excluding hydrogens is 999 g/mol. The van der Waals surface area contributed by atoms with Gasteiger partial charge in [0.25, 0.3) is 11.7 Å². The summed E-state index contributed by atoms with van der Waals surface area (Å²) in [4.78, 5) is 78.0. The van der Waals surface area contributed by atoms with Crippen LogP contribution in [0.2, 0.25) is 0 Å². The molecule has 2 bridgehead atoms. The van der Waals surface area contributed by atoms with Crippen LogP contribution in [0.4, 0.5) is 0 Å². The third-order valence-electron chi connectivity index (χ3n) is 17.3. The number of cyclic esters (lactones) is 1. The van der Waals surface area contributed by atoms with Crippen molar-refractivity contribution < 1.29 is 67.3 Å². The number of piperidine rings is 1. The minimum atomic E-state index is -2.46. The zero-order chi connectivity index (χ0) is 57.1. The minimum absolute atomic E-state index is 0.00546. The first-order valence-corrected chi connectivity index (χ1v) is 29.3. The highest BCUT2D eigenvalue weighted by Crippen LogP contribution is 2.38. The van der Waals surface area contributed by atoms with Crippen molar-refractivity contribution >= 4 is 29.2 Å². The zero-order valence-electron chi connectivity index (χ0n) is 49.2. The fourth-order valence-electron chi connectivity index (χ4n) is 12.1. The third kappa shape index (κ3) is 18.8. The van der Waals surface area contributed by atoms with Crippen molar-refractivity contribution in [1.29, 1.82) is 0 Å². The number of aliphatic hydroxyl groups excluding tert-OH is 1. The van der Waals surface area contributed by atoms with Crippen LogP contribution in [0.3, 0.4) is 0 Å². The number of nitrogens with zero attached hydrogens (tertiary/aromatic N) is 3. The van der Waals surface area contributed by atoms with Crippen LogP contribution < -0.4 is 0 Å². The van der Waals surface area contributed by atoms with E-state index < -0.39 is 77.8 Å². The van der Waals surface area contributed by atoms with Gasteiger partial charge in [0.1, 0.15) is 30.1 Å². The van der Waals surface area contributed by atoms with E-state index in [-0.39, 0.29) is 73.9 Å². The predicted octanol–water partition coefficient (Wildman–Crippen LogP) is 6.86. The smallest absolute Gasteiger partial charge is 0.329 e. The lowest BCUT2D eigenvalue weighted by atomic mass is 9.78. The van der Waals surface area contributed by atoms with Crippen LogP contribution >= 0.6 is 0 Å². The zero-order valence-corrected chi connectivity index (χ0v) is 49.2. The molecule has 1 saturated carbocycles. The fourth-order valence-corrected chi connectivity index (χ4v) is 12.1. The standard InChI is InChI=1S/C61H99N3O14/c1-40-18-13-12-14-19-41(2)52(76-33-32-72-9)38-48-23-21-46(7)61(71,78-48)58(68)59(69)64-26-16-15-20-49(64)60(70)77-53(39-50(65)42(3)35-45(6)56(67)57(74-11)55(66)44(5)34-40)43(4)36-47-22-24-51(54(37-47)73-10)75-31-17-25-63-29-27-62(8)28-30-63/h12-14,18-19,35,40,42-44,46-49,51-54,56-57,67,71H,15-17,20-34,36-39H2,1-11H3/b14-12?,18-13+,41-19?,45-35+/t40-,42-,43-,44-,46-,47+,48+,49+,51-,52-,53+,54-,56-,57+,61-/m1/s1. The molecule has 442 valence electrons. The van der Waals surface area contributed by atoms with Crippen molar-refractivity contribution in [3.8, 4) is 0 Å². The molecule has 0 unspecified atom stereocenters. The third-order valence-corrected chi connectivity index (χ3v) is 17.3. The van der Waals surface area contributed by atoms with Crippen LogP contribution in [0, 0.1) is 35.5 Å². The van der Waals surface area contributed by atoms with Gasteiger partial charge in [0.15, 0.2) is 5.78 Å². The highest BCUT2D eigenvalue weighted by molar-refractivity contribution is 6.39. The van der Waals surface area contributed by atoms with Gasteiger partial charge in [0.2, 0.25) is 5.79 Å². The van der Waals surface area contributed by atoms with Crippen molar-refractivity contribution in [1.82, 2.24) is 14.7 Å². The van der Waals surface area contributed by atoms with Gasteiger partial charge in [-0.15, -0.1) is 0 Å². The highest BCUT2D eigenvalue weighted by Gasteiger charge is 2.53. The molecule has 4 aliphatic heterocycles. The second-order valence-electron chi connectivity index (χ2n) is 23.6. The minimum Gasteiger partial charge on any atom is -0.460 e. The van der Waals surface area contributed by atoms with E-state index >= 15 is 0 Å². The van der Waals surface area contributed by atoms with Crippen LogP contribution in [0.15, 0.2) is 47.6 Å². The van der Waals surface area contributed by atoms with Gasteiger partial charge in [0, 0.05) is 97.8 Å². The largest absolute Gasteiger partial charge is 0.460 e. The number of allylic oxidation sites excluding steroid dienone is 6. The van der Waals surface area contributed by atoms with Crippen molar-refractivity contribution in [2.24, 2.45) is 35.5 Å². The normalized spacial score (nSPS) is 36.3. The Morgan fingerprint density at radius 2 is 1.54 bits per heavy atom. The number of amides is 1. The maximum Gasteiger partial charge on any atom is 0.329 e. The van der Waals surface area contributed by atoms with Crippen molar-refractivity contribution in [3.63, 3.8) is 0 Å². The number of ketones is 3. The average molecular weight is 1100 g/mol. The summed E-state index contributed by atoms with van der Waals surface area (Å²) in [5, 5.41) is 23.8. The van der Waals surface area contributed by atoms with E-state index in [1.165, 1.54) is 12.0 Å². The van der Waals surface area contributed by atoms with E-state index in [4.69, 9.17) is 33.2 Å². The number of hydrogen-bond acceptors (Lipinski definition) is 16. The molecule has 2 N–H and O–H groups in total. The number of carbonyl (C=O) groups excluding carboxylic acids is 5. The summed E-state index contributed by atoms with van der Waals surface area (Å²) >= 11 is 0. The Morgan fingerprint density at radius 1 is 0.795 bits per heavy atom. The Labute approximate surface area is 466 Å². The number of hydrogen-bond donors (Lipinski definition) is 2. The number of Topliss-reactive ketones (excluding diaryl/α,β-unsaturated/α-hetero) is 3. The maximum absolute atomic E-state index is 14.7. The molecule has 3 saturated heterocycles. The van der Waals surface area contributed by atoms with Gasteiger partial charge in [-0.1, -0.05) is 71.1 Å². The summed E-state index contributed by atoms with van der Waals surface area (Å²) < 4.78 is 42.4. The van der Waals surface area contributed by atoms with Gasteiger partial charge in [-0.2, -0.15) is 0 Å². The Kier molecular flexibility index (Phi) is 27.0. The number of likely N-dealkylation sites (N-methyl/N-ethyl adjacent to an activating group) is 1. The quantitative estimate of drug-likeness (QED) is 0.0791. The van der Waals surface area contributed by atoms with Gasteiger partial charge in [-0.3, -0.25) is 19.2 Å². The van der Waals surface area contributed by atoms with E-state index in [1.54, 1.807) is 41.1 Å². The SMILES string of the molecule is COCCO[C@@H]1C[C@@H]2CC[C@@H](C)[C@@](O)(O2)C(=O)C(=O)N2CCCC[C@H]2C(=O)O[C@H]([C@H](C)C[C@@H]2CC[C@@H](OCCCN3CCN(C)CC3)[C@H](OC)C2)CC(=O)[C@H](C)/C=C(\C)[C@@H](O)[C@@H](OC)C(=O)[C@H](C)C[C@H](C)/C=C/C=CC=C1C. The lowest BCUT2D eigenvalue weighted by Crippen LogP contribution is -2.61. The van der Waals surface area contributed by atoms with E-state index in [0.717, 1.165) is 64.0 Å². The fraction of sp³-hybridized carbons (Fsp3) is 0.787. The highest BCUT2D eigenvalue weighted by atomic mass is 16.6. The average Bonchev–Trinajstić information content (AvgIpc) is 3.46. The first kappa shape index (κ1) is 65.3. The molecule has 0 aromatic rings. The first-order chi connectivity index (χ1) is 37.2. The van der Waals surface area contributed by atoms with E-state index in [0.29, 0.717) is 57.3 Å². The topological polar surface area (TPSA) is 200 Å². The van der Waals surface area contributed by atoms with Crippen LogP contribution in [0.1, 0.15) is 132 Å². The summed E-state index contributed by atoms with van der Waals surface area (Å²) in [6.07, 6.45) is 13.4. The molecule has 17 heteroatoms. The summed E-state index contributed by atoms with van der Waals surface area (Å²) in [6, 6.07) is -1.14. The summed E-state index contributed by atoms with van der Waals surface area (Å²) in [5.74, 6) is -7.89. The van der Waals surface area contributed by atoms with Gasteiger partial charge in [-0.05, 0) is 120 Å². The molecule has 15 atom stereocenters. The van der Waals surface area contributed by atoms with Crippen molar-refractivity contribution in [2.75, 3.05) is 87.5 Å². The summed E-state index contributed by atoms with van der Waals surface area (Å²) in [5.41, 5.74) is 1.27. The van der Waals surface area contributed by atoms with Crippen molar-refractivity contribution in [3.05, 3.63) is 47.6 Å². The molecular formula is C61H99N3O14. The Balaban J connectivity index is 1.41. The first-order valence-electron chi connectivity index (χ1n) is 29.3. The Morgan fingerprint density at radius 3 is 2.24 bits per heavy atom. The molecule has 4 fully saturated rings. The number of rotatable bonds is 14.